The topological polar surface area (TPSA) is 90.7 Å². The van der Waals surface area contributed by atoms with E-state index in [1.54, 1.807) is 6.07 Å². The molecule has 0 aliphatic rings. The summed E-state index contributed by atoms with van der Waals surface area (Å²) in [5.74, 6) is -0.144. The molecule has 0 saturated carbocycles. The second kappa shape index (κ2) is 7.81. The zero-order valence-corrected chi connectivity index (χ0v) is 12.7. The first-order valence-corrected chi connectivity index (χ1v) is 6.66. The van der Waals surface area contributed by atoms with Gasteiger partial charge in [-0.05, 0) is 12.6 Å². The van der Waals surface area contributed by atoms with Gasteiger partial charge in [0.25, 0.3) is 5.69 Å². The molecule has 0 radical (unpaired) electrons. The van der Waals surface area contributed by atoms with Crippen LogP contribution in [0.4, 0.5) is 5.69 Å². The highest BCUT2D eigenvalue weighted by Gasteiger charge is 2.19. The van der Waals surface area contributed by atoms with Crippen LogP contribution in [-0.4, -0.2) is 37.2 Å². The predicted molar refractivity (Wildman–Crippen MR) is 75.8 cm³/mol. The number of nitrogens with one attached hydrogen (secondary N) is 1. The monoisotopic (exact) mass is 346 g/mol. The van der Waals surface area contributed by atoms with Gasteiger partial charge in [0.2, 0.25) is 0 Å². The lowest BCUT2D eigenvalue weighted by Gasteiger charge is -2.16. The summed E-state index contributed by atoms with van der Waals surface area (Å²) in [5, 5.41) is 13.7. The number of halogens is 1. The Morgan fingerprint density at radius 2 is 2.20 bits per heavy atom. The third kappa shape index (κ3) is 4.78. The van der Waals surface area contributed by atoms with Crippen LogP contribution in [-0.2, 0) is 9.53 Å². The first-order chi connectivity index (χ1) is 9.47. The minimum absolute atomic E-state index is 0.0219. The number of carbonyl (C=O) groups is 1. The number of methoxy groups -OCH3 is 1. The number of nitrogens with zero attached hydrogens (tertiary/aromatic N) is 1. The molecule has 7 nitrogen and oxygen atoms in total. The molecule has 1 atom stereocenters. The quantitative estimate of drug-likeness (QED) is 0.460. The molecule has 0 aliphatic heterocycles. The summed E-state index contributed by atoms with van der Waals surface area (Å²) in [6.45, 7) is 2.44. The molecule has 0 amide bonds. The molecule has 20 heavy (non-hydrogen) atoms. The summed E-state index contributed by atoms with van der Waals surface area (Å²) in [7, 11) is 1.29. The van der Waals surface area contributed by atoms with Gasteiger partial charge in [0, 0.05) is 10.5 Å². The van der Waals surface area contributed by atoms with Crippen molar-refractivity contribution in [2.45, 2.75) is 13.0 Å². The number of ether oxygens (including phenoxy) is 2. The highest BCUT2D eigenvalue weighted by molar-refractivity contribution is 9.10. The molecule has 1 N–H and O–H groups in total. The van der Waals surface area contributed by atoms with Gasteiger partial charge in [-0.25, -0.2) is 0 Å². The van der Waals surface area contributed by atoms with Crippen molar-refractivity contribution in [2.75, 3.05) is 20.3 Å². The minimum Gasteiger partial charge on any atom is -0.491 e. The largest absolute Gasteiger partial charge is 0.491 e. The Morgan fingerprint density at radius 3 is 2.75 bits per heavy atom. The minimum atomic E-state index is -0.622. The lowest BCUT2D eigenvalue weighted by atomic mass is 10.3. The number of likely N-dealkylation sites (N-methyl/N-ethyl adjacent to an activating group) is 1. The van der Waals surface area contributed by atoms with Crippen LogP contribution in [0.1, 0.15) is 6.92 Å². The summed E-state index contributed by atoms with van der Waals surface area (Å²) < 4.78 is 10.6. The van der Waals surface area contributed by atoms with Crippen LogP contribution < -0.4 is 10.1 Å². The van der Waals surface area contributed by atoms with E-state index in [1.165, 1.54) is 19.2 Å². The van der Waals surface area contributed by atoms with Gasteiger partial charge >= 0.3 is 5.97 Å². The van der Waals surface area contributed by atoms with Crippen molar-refractivity contribution in [2.24, 2.45) is 0 Å². The van der Waals surface area contributed by atoms with Gasteiger partial charge in [-0.3, -0.25) is 14.9 Å². The summed E-state index contributed by atoms with van der Waals surface area (Å²) in [6.07, 6.45) is 0. The predicted octanol–water partition coefficient (Wildman–Crippen LogP) is 1.89. The second-order valence-corrected chi connectivity index (χ2v) is 4.76. The number of hydrogen-bond acceptors (Lipinski definition) is 6. The summed E-state index contributed by atoms with van der Waals surface area (Å²) >= 11 is 3.17. The third-order valence-electron chi connectivity index (χ3n) is 2.42. The molecule has 0 bridgehead atoms. The number of nitro groups is 1. The molecular weight excluding hydrogens is 332 g/mol. The number of benzene rings is 1. The average Bonchev–Trinajstić information content (AvgIpc) is 2.41. The van der Waals surface area contributed by atoms with Crippen LogP contribution in [0.25, 0.3) is 0 Å². The molecule has 1 rings (SSSR count). The van der Waals surface area contributed by atoms with Crippen molar-refractivity contribution < 1.29 is 19.2 Å². The van der Waals surface area contributed by atoms with Crippen molar-refractivity contribution >= 4 is 27.6 Å². The summed E-state index contributed by atoms with van der Waals surface area (Å²) in [4.78, 5) is 21.7. The fourth-order valence-electron chi connectivity index (χ4n) is 1.52. The lowest BCUT2D eigenvalue weighted by Crippen LogP contribution is -2.42. The highest BCUT2D eigenvalue weighted by Crippen LogP contribution is 2.26. The van der Waals surface area contributed by atoms with Gasteiger partial charge in [-0.2, -0.15) is 0 Å². The van der Waals surface area contributed by atoms with Gasteiger partial charge in [0.15, 0.2) is 0 Å². The molecule has 0 aromatic heterocycles. The van der Waals surface area contributed by atoms with E-state index in [0.717, 1.165) is 0 Å². The Kier molecular flexibility index (Phi) is 6.40. The van der Waals surface area contributed by atoms with E-state index >= 15 is 0 Å². The molecule has 0 heterocycles. The van der Waals surface area contributed by atoms with E-state index < -0.39 is 16.9 Å². The van der Waals surface area contributed by atoms with E-state index in [2.05, 4.69) is 26.0 Å². The third-order valence-corrected chi connectivity index (χ3v) is 2.88. The number of nitro benzene ring substituents is 1. The summed E-state index contributed by atoms with van der Waals surface area (Å²) in [5.41, 5.74) is -0.0903. The molecule has 0 fully saturated rings. The van der Waals surface area contributed by atoms with Gasteiger partial charge in [0.05, 0.1) is 18.1 Å². The van der Waals surface area contributed by atoms with Gasteiger partial charge in [-0.1, -0.05) is 22.9 Å². The molecule has 110 valence electrons. The molecule has 0 spiro atoms. The van der Waals surface area contributed by atoms with Crippen LogP contribution in [0.5, 0.6) is 5.75 Å². The fraction of sp³-hybridized carbons (Fsp3) is 0.417. The van der Waals surface area contributed by atoms with Gasteiger partial charge in [0.1, 0.15) is 18.4 Å². The van der Waals surface area contributed by atoms with Crippen molar-refractivity contribution in [3.63, 3.8) is 0 Å². The molecule has 1 aromatic rings. The van der Waals surface area contributed by atoms with Crippen LogP contribution >= 0.6 is 15.9 Å². The Bertz CT molecular complexity index is 495. The smallest absolute Gasteiger partial charge is 0.326 e. The van der Waals surface area contributed by atoms with E-state index in [4.69, 9.17) is 4.74 Å². The lowest BCUT2D eigenvalue weighted by molar-refractivity contribution is -0.385. The molecule has 0 aliphatic carbocycles. The maximum atomic E-state index is 11.5. The fourth-order valence-corrected chi connectivity index (χ4v) is 1.98. The Labute approximate surface area is 124 Å². The zero-order chi connectivity index (χ0) is 15.1. The van der Waals surface area contributed by atoms with E-state index in [0.29, 0.717) is 16.8 Å². The van der Waals surface area contributed by atoms with Crippen LogP contribution in [0, 0.1) is 10.1 Å². The Balaban J connectivity index is 2.77. The Hall–Kier alpha value is -1.67. The van der Waals surface area contributed by atoms with E-state index in [-0.39, 0.29) is 12.3 Å². The van der Waals surface area contributed by atoms with Crippen molar-refractivity contribution in [1.82, 2.24) is 5.32 Å². The van der Waals surface area contributed by atoms with Crippen molar-refractivity contribution in [3.8, 4) is 5.75 Å². The molecular formula is C12H15BrN2O5. The molecule has 1 unspecified atom stereocenters. The van der Waals surface area contributed by atoms with Crippen molar-refractivity contribution in [1.29, 1.82) is 0 Å². The number of hydrogen-bond donors (Lipinski definition) is 1. The van der Waals surface area contributed by atoms with Gasteiger partial charge in [-0.15, -0.1) is 0 Å². The normalized spacial score (nSPS) is 11.8. The van der Waals surface area contributed by atoms with Crippen molar-refractivity contribution in [3.05, 3.63) is 32.8 Å². The number of carbonyl (C=O) groups excluding carboxylic acids is 1. The number of esters is 1. The van der Waals surface area contributed by atoms with Crippen LogP contribution in [0.2, 0.25) is 0 Å². The molecule has 8 heteroatoms. The number of rotatable bonds is 7. The maximum absolute atomic E-state index is 11.5. The standard InChI is InChI=1S/C12H15BrN2O5/c1-3-14-11(12(16)19-2)7-20-10-5-8(13)4-9(6-10)15(17)18/h4-6,11,14H,3,7H2,1-2H3. The first-order valence-electron chi connectivity index (χ1n) is 5.87. The Morgan fingerprint density at radius 1 is 1.50 bits per heavy atom. The summed E-state index contributed by atoms with van der Waals surface area (Å²) in [6, 6.07) is 3.64. The molecule has 0 saturated heterocycles. The van der Waals surface area contributed by atoms with E-state index in [1.807, 2.05) is 6.92 Å². The van der Waals surface area contributed by atoms with E-state index in [9.17, 15) is 14.9 Å². The zero-order valence-electron chi connectivity index (χ0n) is 11.1. The first kappa shape index (κ1) is 16.4. The maximum Gasteiger partial charge on any atom is 0.326 e. The van der Waals surface area contributed by atoms with Crippen LogP contribution in [0.15, 0.2) is 22.7 Å². The average molecular weight is 347 g/mol. The number of non-ortho nitro benzene ring substituents is 1. The van der Waals surface area contributed by atoms with Gasteiger partial charge < -0.3 is 14.8 Å². The SMILES string of the molecule is CCNC(COc1cc(Br)cc([N+](=O)[O-])c1)C(=O)OC. The highest BCUT2D eigenvalue weighted by atomic mass is 79.9. The molecule has 1 aromatic carbocycles. The second-order valence-electron chi connectivity index (χ2n) is 3.85. The van der Waals surface area contributed by atoms with Crippen LogP contribution in [0.3, 0.4) is 0 Å².